The second-order valence-electron chi connectivity index (χ2n) is 5.47. The van der Waals surface area contributed by atoms with Gasteiger partial charge in [-0.25, -0.2) is 5.84 Å². The SMILES string of the molecule is CN(N)C=O.CNc1cccc(OC)c1COc1ccc(O)cc1C(F)(F)F. The zero-order valence-electron chi connectivity index (χ0n) is 15.6. The van der Waals surface area contributed by atoms with Crippen LogP contribution in [0.15, 0.2) is 36.4 Å². The summed E-state index contributed by atoms with van der Waals surface area (Å²) in [5.41, 5.74) is 0.258. The number of hydrazine groups is 1. The van der Waals surface area contributed by atoms with E-state index in [1.165, 1.54) is 14.2 Å². The van der Waals surface area contributed by atoms with E-state index in [0.29, 0.717) is 29.5 Å². The molecule has 2 rings (SSSR count). The third-order valence-corrected chi connectivity index (χ3v) is 3.43. The lowest BCUT2D eigenvalue weighted by Gasteiger charge is -2.17. The molecule has 2 aromatic carbocycles. The molecule has 2 aromatic rings. The van der Waals surface area contributed by atoms with E-state index in [4.69, 9.17) is 15.3 Å². The third-order valence-electron chi connectivity index (χ3n) is 3.43. The van der Waals surface area contributed by atoms with Gasteiger partial charge < -0.3 is 19.9 Å². The van der Waals surface area contributed by atoms with Gasteiger partial charge in [-0.3, -0.25) is 9.80 Å². The van der Waals surface area contributed by atoms with Gasteiger partial charge in [0.15, 0.2) is 0 Å². The number of benzene rings is 2. The minimum absolute atomic E-state index is 0.117. The Bertz CT molecular complexity index is 761. The topological polar surface area (TPSA) is 97.1 Å². The Morgan fingerprint density at radius 3 is 2.39 bits per heavy atom. The highest BCUT2D eigenvalue weighted by atomic mass is 19.4. The van der Waals surface area contributed by atoms with Gasteiger partial charge in [0.05, 0.1) is 12.7 Å². The standard InChI is InChI=1S/C16H16F3NO3.C2H6N2O/c1-20-13-4-3-5-14(22-2)11(13)9-23-15-7-6-10(21)8-12(15)16(17,18)19;1-4(3)2-5/h3-8,20-21H,9H2,1-2H3;2H,3H2,1H3. The van der Waals surface area contributed by atoms with Crippen LogP contribution in [0.2, 0.25) is 0 Å². The van der Waals surface area contributed by atoms with E-state index in [1.807, 2.05) is 0 Å². The van der Waals surface area contributed by atoms with Gasteiger partial charge in [-0.15, -0.1) is 0 Å². The summed E-state index contributed by atoms with van der Waals surface area (Å²) in [6, 6.07) is 8.09. The normalized spacial score (nSPS) is 10.4. The molecule has 0 saturated carbocycles. The molecule has 0 aliphatic rings. The number of phenols is 1. The highest BCUT2D eigenvalue weighted by Crippen LogP contribution is 2.39. The second kappa shape index (κ2) is 10.3. The molecule has 0 unspecified atom stereocenters. The quantitative estimate of drug-likeness (QED) is 0.298. The molecule has 0 saturated heterocycles. The molecule has 0 fully saturated rings. The molecule has 0 spiro atoms. The van der Waals surface area contributed by atoms with Crippen molar-refractivity contribution in [2.45, 2.75) is 12.8 Å². The maximum atomic E-state index is 13.0. The first-order chi connectivity index (χ1) is 13.1. The van der Waals surface area contributed by atoms with Gasteiger partial charge in [-0.2, -0.15) is 13.2 Å². The summed E-state index contributed by atoms with van der Waals surface area (Å²) in [5, 5.41) is 13.1. The van der Waals surface area contributed by atoms with Gasteiger partial charge in [-0.05, 0) is 30.3 Å². The van der Waals surface area contributed by atoms with Crippen molar-refractivity contribution >= 4 is 12.1 Å². The number of hydrogen-bond acceptors (Lipinski definition) is 6. The molecule has 0 radical (unpaired) electrons. The maximum absolute atomic E-state index is 13.0. The van der Waals surface area contributed by atoms with Gasteiger partial charge in [0.1, 0.15) is 29.4 Å². The monoisotopic (exact) mass is 401 g/mol. The molecular formula is C18H22F3N3O4. The Hall–Kier alpha value is -3.14. The summed E-state index contributed by atoms with van der Waals surface area (Å²) >= 11 is 0. The predicted molar refractivity (Wildman–Crippen MR) is 98.0 cm³/mol. The largest absolute Gasteiger partial charge is 0.508 e. The number of rotatable bonds is 6. The molecule has 0 aliphatic heterocycles. The number of carbonyl (C=O) groups is 1. The van der Waals surface area contributed by atoms with Gasteiger partial charge >= 0.3 is 6.18 Å². The average molecular weight is 401 g/mol. The molecule has 1 amide bonds. The molecule has 154 valence electrons. The highest BCUT2D eigenvalue weighted by molar-refractivity contribution is 5.57. The van der Waals surface area contributed by atoms with Crippen molar-refractivity contribution in [3.8, 4) is 17.2 Å². The van der Waals surface area contributed by atoms with Crippen molar-refractivity contribution in [2.75, 3.05) is 26.5 Å². The summed E-state index contributed by atoms with van der Waals surface area (Å²) in [5.74, 6) is 4.43. The lowest BCUT2D eigenvalue weighted by molar-refractivity contribution is -0.139. The molecule has 10 heteroatoms. The Labute approximate surface area is 160 Å². The number of hydrogen-bond donors (Lipinski definition) is 3. The number of nitrogens with one attached hydrogen (secondary N) is 1. The van der Waals surface area contributed by atoms with Crippen molar-refractivity contribution in [1.82, 2.24) is 5.01 Å². The number of phenolic OH excluding ortho intramolecular Hbond substituents is 1. The Morgan fingerprint density at radius 2 is 1.89 bits per heavy atom. The first-order valence-electron chi connectivity index (χ1n) is 7.93. The molecule has 0 aliphatic carbocycles. The summed E-state index contributed by atoms with van der Waals surface area (Å²) in [4.78, 5) is 9.31. The number of methoxy groups -OCH3 is 1. The van der Waals surface area contributed by atoms with E-state index < -0.39 is 17.5 Å². The van der Waals surface area contributed by atoms with Gasteiger partial charge in [0.2, 0.25) is 6.41 Å². The van der Waals surface area contributed by atoms with Crippen molar-refractivity contribution in [3.05, 3.63) is 47.5 Å². The Balaban J connectivity index is 0.000000696. The van der Waals surface area contributed by atoms with Crippen LogP contribution in [0.1, 0.15) is 11.1 Å². The van der Waals surface area contributed by atoms with Crippen LogP contribution in [-0.4, -0.2) is 37.7 Å². The number of amides is 1. The van der Waals surface area contributed by atoms with Crippen LogP contribution >= 0.6 is 0 Å². The van der Waals surface area contributed by atoms with Crippen molar-refractivity contribution in [1.29, 1.82) is 0 Å². The van der Waals surface area contributed by atoms with Gasteiger partial charge in [0, 0.05) is 19.8 Å². The lowest BCUT2D eigenvalue weighted by Crippen LogP contribution is -2.23. The van der Waals surface area contributed by atoms with Crippen molar-refractivity contribution in [3.63, 3.8) is 0 Å². The second-order valence-corrected chi connectivity index (χ2v) is 5.47. The number of nitrogens with zero attached hydrogens (tertiary/aromatic N) is 1. The minimum Gasteiger partial charge on any atom is -0.508 e. The van der Waals surface area contributed by atoms with E-state index >= 15 is 0 Å². The minimum atomic E-state index is -4.62. The number of ether oxygens (including phenoxy) is 2. The van der Waals surface area contributed by atoms with E-state index in [2.05, 4.69) is 5.32 Å². The van der Waals surface area contributed by atoms with Crippen LogP contribution in [0.4, 0.5) is 18.9 Å². The van der Waals surface area contributed by atoms with Gasteiger partial charge in [-0.1, -0.05) is 6.07 Å². The summed E-state index contributed by atoms with van der Waals surface area (Å²) in [6.07, 6.45) is -4.10. The lowest BCUT2D eigenvalue weighted by atomic mass is 10.1. The smallest absolute Gasteiger partial charge is 0.420 e. The van der Waals surface area contributed by atoms with Crippen LogP contribution in [0, 0.1) is 0 Å². The molecule has 0 bridgehead atoms. The molecule has 7 nitrogen and oxygen atoms in total. The van der Waals surface area contributed by atoms with E-state index in [0.717, 1.165) is 17.1 Å². The summed E-state index contributed by atoms with van der Waals surface area (Å²) < 4.78 is 49.6. The summed E-state index contributed by atoms with van der Waals surface area (Å²) in [7, 11) is 4.63. The van der Waals surface area contributed by atoms with E-state index in [-0.39, 0.29) is 12.4 Å². The molecule has 0 aromatic heterocycles. The number of halogens is 3. The van der Waals surface area contributed by atoms with E-state index in [9.17, 15) is 23.1 Å². The maximum Gasteiger partial charge on any atom is 0.420 e. The first kappa shape index (κ1) is 22.9. The van der Waals surface area contributed by atoms with Crippen LogP contribution in [-0.2, 0) is 17.6 Å². The highest BCUT2D eigenvalue weighted by Gasteiger charge is 2.35. The van der Waals surface area contributed by atoms with Crippen molar-refractivity contribution < 1.29 is 32.5 Å². The van der Waals surface area contributed by atoms with Crippen LogP contribution in [0.3, 0.4) is 0 Å². The van der Waals surface area contributed by atoms with Crippen LogP contribution < -0.4 is 20.6 Å². The fourth-order valence-electron chi connectivity index (χ4n) is 2.16. The van der Waals surface area contributed by atoms with Crippen LogP contribution in [0.5, 0.6) is 17.2 Å². The number of carbonyl (C=O) groups excluding carboxylic acids is 1. The zero-order chi connectivity index (χ0) is 21.3. The number of anilines is 1. The molecular weight excluding hydrogens is 379 g/mol. The predicted octanol–water partition coefficient (Wildman–Crippen LogP) is 2.99. The average Bonchev–Trinajstić information content (AvgIpc) is 2.66. The van der Waals surface area contributed by atoms with Crippen LogP contribution in [0.25, 0.3) is 0 Å². The number of aromatic hydroxyl groups is 1. The fourth-order valence-corrected chi connectivity index (χ4v) is 2.16. The number of nitrogens with two attached hydrogens (primary N) is 1. The van der Waals surface area contributed by atoms with E-state index in [1.54, 1.807) is 25.2 Å². The Morgan fingerprint density at radius 1 is 1.25 bits per heavy atom. The third kappa shape index (κ3) is 6.54. The Kier molecular flexibility index (Phi) is 8.39. The number of alkyl halides is 3. The zero-order valence-corrected chi connectivity index (χ0v) is 15.6. The van der Waals surface area contributed by atoms with Gasteiger partial charge in [0.25, 0.3) is 0 Å². The molecule has 0 heterocycles. The summed E-state index contributed by atoms with van der Waals surface area (Å²) in [6.45, 7) is -0.117. The molecule has 0 atom stereocenters. The first-order valence-corrected chi connectivity index (χ1v) is 7.93. The molecule has 4 N–H and O–H groups in total. The van der Waals surface area contributed by atoms with Crippen molar-refractivity contribution in [2.24, 2.45) is 5.84 Å². The fraction of sp³-hybridized carbons (Fsp3) is 0.278. The molecule has 28 heavy (non-hydrogen) atoms.